The molecule has 2 aliphatic rings. The van der Waals surface area contributed by atoms with Crippen LogP contribution in [0, 0.1) is 0 Å². The molecule has 31 heavy (non-hydrogen) atoms. The van der Waals surface area contributed by atoms with Crippen LogP contribution in [-0.2, 0) is 16.1 Å². The van der Waals surface area contributed by atoms with Gasteiger partial charge in [0.05, 0.1) is 19.2 Å². The second kappa shape index (κ2) is 9.83. The molecular formula is C24H28N2O5. The summed E-state index contributed by atoms with van der Waals surface area (Å²) in [4.78, 5) is 25.9. The molecule has 0 radical (unpaired) electrons. The molecule has 2 aromatic carbocycles. The third-order valence-electron chi connectivity index (χ3n) is 5.78. The predicted molar refractivity (Wildman–Crippen MR) is 115 cm³/mol. The van der Waals surface area contributed by atoms with E-state index in [9.17, 15) is 9.59 Å². The molecule has 0 spiro atoms. The number of hydrogen-bond acceptors (Lipinski definition) is 6. The van der Waals surface area contributed by atoms with Crippen LogP contribution >= 0.6 is 0 Å². The number of carbonyl (C=O) groups is 2. The van der Waals surface area contributed by atoms with Gasteiger partial charge in [0, 0.05) is 19.0 Å². The minimum atomic E-state index is -0.332. The Balaban J connectivity index is 1.24. The summed E-state index contributed by atoms with van der Waals surface area (Å²) in [5, 5.41) is 3.43. The lowest BCUT2D eigenvalue weighted by molar-refractivity contribution is -0.130. The van der Waals surface area contributed by atoms with E-state index in [-0.39, 0.29) is 24.0 Å². The van der Waals surface area contributed by atoms with Crippen molar-refractivity contribution in [3.8, 4) is 11.5 Å². The van der Waals surface area contributed by atoms with E-state index < -0.39 is 0 Å². The number of fused-ring (bicyclic) bond motifs is 1. The Bertz CT molecular complexity index is 914. The lowest BCUT2D eigenvalue weighted by atomic mass is 10.1. The molecule has 0 unspecified atom stereocenters. The van der Waals surface area contributed by atoms with Gasteiger partial charge < -0.3 is 24.4 Å². The van der Waals surface area contributed by atoms with Crippen LogP contribution in [0.25, 0.3) is 0 Å². The summed E-state index contributed by atoms with van der Waals surface area (Å²) in [6.07, 6.45) is 2.19. The molecule has 4 rings (SSSR count). The van der Waals surface area contributed by atoms with E-state index in [1.165, 1.54) is 7.11 Å². The summed E-state index contributed by atoms with van der Waals surface area (Å²) in [6, 6.07) is 15.2. The Hall–Kier alpha value is -3.06. The molecule has 1 fully saturated rings. The van der Waals surface area contributed by atoms with Crippen molar-refractivity contribution in [3.63, 3.8) is 0 Å². The van der Waals surface area contributed by atoms with Crippen molar-refractivity contribution >= 4 is 11.9 Å². The van der Waals surface area contributed by atoms with Gasteiger partial charge >= 0.3 is 5.97 Å². The van der Waals surface area contributed by atoms with Gasteiger partial charge in [0.15, 0.2) is 17.6 Å². The third kappa shape index (κ3) is 5.17. The minimum absolute atomic E-state index is 0.152. The number of carbonyl (C=O) groups excluding carboxylic acids is 2. The lowest BCUT2D eigenvalue weighted by Crippen LogP contribution is -2.45. The topological polar surface area (TPSA) is 77.1 Å². The molecular weight excluding hydrogens is 396 g/mol. The summed E-state index contributed by atoms with van der Waals surface area (Å²) in [6.45, 7) is 2.51. The average molecular weight is 424 g/mol. The molecule has 1 amide bonds. The van der Waals surface area contributed by atoms with Crippen LogP contribution in [0.1, 0.15) is 35.2 Å². The standard InChI is InChI=1S/C24H28N2O5/c1-29-24(28)18-8-6-17(7-9-18)14-25-13-12-19-10-11-23(27)26(19)15-20-16-30-21-4-2-3-5-22(21)31-20/h2-9,19-20,25H,10-16H2,1H3/t19-,20-/m0/s1. The number of amides is 1. The van der Waals surface area contributed by atoms with Crippen LogP contribution in [0.3, 0.4) is 0 Å². The average Bonchev–Trinajstić information content (AvgIpc) is 3.15. The Morgan fingerprint density at radius 1 is 1.16 bits per heavy atom. The molecule has 1 saturated heterocycles. The van der Waals surface area contributed by atoms with Crippen LogP contribution in [0.15, 0.2) is 48.5 Å². The minimum Gasteiger partial charge on any atom is -0.486 e. The summed E-state index contributed by atoms with van der Waals surface area (Å²) >= 11 is 0. The molecule has 2 atom stereocenters. The fourth-order valence-corrected chi connectivity index (χ4v) is 4.09. The fourth-order valence-electron chi connectivity index (χ4n) is 4.09. The van der Waals surface area contributed by atoms with Crippen LogP contribution in [0.2, 0.25) is 0 Å². The maximum Gasteiger partial charge on any atom is 0.337 e. The predicted octanol–water partition coefficient (Wildman–Crippen LogP) is 2.78. The van der Waals surface area contributed by atoms with E-state index in [2.05, 4.69) is 5.32 Å². The number of hydrogen-bond donors (Lipinski definition) is 1. The van der Waals surface area contributed by atoms with Crippen molar-refractivity contribution in [2.45, 2.75) is 38.0 Å². The van der Waals surface area contributed by atoms with E-state index in [1.807, 2.05) is 41.3 Å². The molecule has 7 nitrogen and oxygen atoms in total. The number of esters is 1. The molecule has 0 bridgehead atoms. The highest BCUT2D eigenvalue weighted by atomic mass is 16.6. The molecule has 2 aliphatic heterocycles. The smallest absolute Gasteiger partial charge is 0.337 e. The third-order valence-corrected chi connectivity index (χ3v) is 5.78. The van der Waals surface area contributed by atoms with Crippen molar-refractivity contribution in [3.05, 3.63) is 59.7 Å². The van der Waals surface area contributed by atoms with Crippen LogP contribution < -0.4 is 14.8 Å². The monoisotopic (exact) mass is 424 g/mol. The van der Waals surface area contributed by atoms with Gasteiger partial charge in [-0.05, 0) is 49.2 Å². The van der Waals surface area contributed by atoms with Crippen molar-refractivity contribution in [2.75, 3.05) is 26.8 Å². The molecule has 164 valence electrons. The number of ether oxygens (including phenoxy) is 3. The van der Waals surface area contributed by atoms with Crippen LogP contribution in [0.4, 0.5) is 0 Å². The Morgan fingerprint density at radius 3 is 2.71 bits per heavy atom. The Labute approximate surface area is 182 Å². The van der Waals surface area contributed by atoms with E-state index in [1.54, 1.807) is 12.1 Å². The summed E-state index contributed by atoms with van der Waals surface area (Å²) < 4.78 is 16.6. The van der Waals surface area contributed by atoms with E-state index in [4.69, 9.17) is 14.2 Å². The first-order valence-electron chi connectivity index (χ1n) is 10.7. The first-order valence-corrected chi connectivity index (χ1v) is 10.7. The zero-order chi connectivity index (χ0) is 21.6. The van der Waals surface area contributed by atoms with E-state index in [0.29, 0.717) is 31.7 Å². The number of methoxy groups -OCH3 is 1. The molecule has 2 heterocycles. The highest BCUT2D eigenvalue weighted by molar-refractivity contribution is 5.89. The molecule has 0 saturated carbocycles. The number of nitrogens with one attached hydrogen (secondary N) is 1. The van der Waals surface area contributed by atoms with Gasteiger partial charge in [-0.15, -0.1) is 0 Å². The largest absolute Gasteiger partial charge is 0.486 e. The van der Waals surface area contributed by atoms with Gasteiger partial charge in [0.25, 0.3) is 0 Å². The SMILES string of the molecule is COC(=O)c1ccc(CNCC[C@@H]2CCC(=O)N2C[C@H]2COc3ccccc3O2)cc1. The second-order valence-electron chi connectivity index (χ2n) is 7.89. The molecule has 2 aromatic rings. The van der Waals surface area contributed by atoms with E-state index in [0.717, 1.165) is 36.4 Å². The van der Waals surface area contributed by atoms with Crippen LogP contribution in [0.5, 0.6) is 11.5 Å². The quantitative estimate of drug-likeness (QED) is 0.519. The number of likely N-dealkylation sites (tertiary alicyclic amines) is 1. The van der Waals surface area contributed by atoms with Crippen molar-refractivity contribution < 1.29 is 23.8 Å². The summed E-state index contributed by atoms with van der Waals surface area (Å²) in [5.41, 5.74) is 1.64. The first-order chi connectivity index (χ1) is 15.1. The van der Waals surface area contributed by atoms with Gasteiger partial charge in [-0.1, -0.05) is 24.3 Å². The Kier molecular flexibility index (Phi) is 6.72. The van der Waals surface area contributed by atoms with Crippen molar-refractivity contribution in [1.82, 2.24) is 10.2 Å². The molecule has 7 heteroatoms. The fraction of sp³-hybridized carbons (Fsp3) is 0.417. The highest BCUT2D eigenvalue weighted by Crippen LogP contribution is 2.32. The molecule has 1 N–H and O–H groups in total. The lowest BCUT2D eigenvalue weighted by Gasteiger charge is -2.32. The maximum atomic E-state index is 12.4. The van der Waals surface area contributed by atoms with Crippen molar-refractivity contribution in [1.29, 1.82) is 0 Å². The highest BCUT2D eigenvalue weighted by Gasteiger charge is 2.34. The summed E-state index contributed by atoms with van der Waals surface area (Å²) in [7, 11) is 1.38. The zero-order valence-electron chi connectivity index (χ0n) is 17.7. The van der Waals surface area contributed by atoms with Gasteiger partial charge in [0.1, 0.15) is 6.61 Å². The number of rotatable bonds is 8. The van der Waals surface area contributed by atoms with Gasteiger partial charge in [-0.25, -0.2) is 4.79 Å². The number of para-hydroxylation sites is 2. The Morgan fingerprint density at radius 2 is 1.94 bits per heavy atom. The van der Waals surface area contributed by atoms with Gasteiger partial charge in [0.2, 0.25) is 5.91 Å². The normalized spacial score (nSPS) is 20.0. The number of benzene rings is 2. The van der Waals surface area contributed by atoms with Gasteiger partial charge in [-0.3, -0.25) is 4.79 Å². The maximum absolute atomic E-state index is 12.4. The number of nitrogens with zero attached hydrogens (tertiary/aromatic N) is 1. The zero-order valence-corrected chi connectivity index (χ0v) is 17.7. The molecule has 0 aromatic heterocycles. The van der Waals surface area contributed by atoms with Crippen molar-refractivity contribution in [2.24, 2.45) is 0 Å². The second-order valence-corrected chi connectivity index (χ2v) is 7.89. The van der Waals surface area contributed by atoms with Gasteiger partial charge in [-0.2, -0.15) is 0 Å². The first kappa shape index (κ1) is 21.2. The summed E-state index contributed by atoms with van der Waals surface area (Å²) in [5.74, 6) is 1.35. The van der Waals surface area contributed by atoms with E-state index >= 15 is 0 Å². The van der Waals surface area contributed by atoms with Crippen LogP contribution in [-0.4, -0.2) is 55.7 Å². The molecule has 0 aliphatic carbocycles.